The summed E-state index contributed by atoms with van der Waals surface area (Å²) < 4.78 is 0. The van der Waals surface area contributed by atoms with Crippen LogP contribution in [0.1, 0.15) is 39.7 Å². The van der Waals surface area contributed by atoms with Gasteiger partial charge in [-0.3, -0.25) is 9.59 Å². The van der Waals surface area contributed by atoms with Crippen molar-refractivity contribution < 1.29 is 9.59 Å². The highest BCUT2D eigenvalue weighted by Crippen LogP contribution is 2.20. The number of nitrogens with zero attached hydrogens (tertiary/aromatic N) is 1. The second kappa shape index (κ2) is 9.20. The Labute approximate surface area is 157 Å². The van der Waals surface area contributed by atoms with E-state index in [1.54, 1.807) is 0 Å². The van der Waals surface area contributed by atoms with E-state index in [1.807, 2.05) is 49.9 Å². The summed E-state index contributed by atoms with van der Waals surface area (Å²) in [5, 5.41) is 6.20. The number of hydrogen-bond acceptors (Lipinski definition) is 3. The monoisotopic (exact) mass is 367 g/mol. The van der Waals surface area contributed by atoms with Crippen molar-refractivity contribution in [2.75, 3.05) is 25.0 Å². The molecule has 1 aliphatic rings. The zero-order valence-electron chi connectivity index (χ0n) is 15.6. The number of anilines is 1. The number of carbonyl (C=O) groups excluding carboxylic acids is 2. The first-order valence-corrected chi connectivity index (χ1v) is 8.63. The summed E-state index contributed by atoms with van der Waals surface area (Å²) in [7, 11) is 0. The van der Waals surface area contributed by atoms with Gasteiger partial charge >= 0.3 is 0 Å². The number of carbonyl (C=O) groups is 2. The molecule has 2 rings (SSSR count). The first-order chi connectivity index (χ1) is 11.2. The van der Waals surface area contributed by atoms with E-state index >= 15 is 0 Å². The number of piperazine rings is 1. The molecule has 1 atom stereocenters. The van der Waals surface area contributed by atoms with E-state index in [0.717, 1.165) is 30.9 Å². The van der Waals surface area contributed by atoms with Gasteiger partial charge in [0.15, 0.2) is 0 Å². The summed E-state index contributed by atoms with van der Waals surface area (Å²) in [5.41, 5.74) is 1.71. The van der Waals surface area contributed by atoms with Crippen molar-refractivity contribution >= 4 is 29.9 Å². The lowest BCUT2D eigenvalue weighted by Crippen LogP contribution is -2.52. The van der Waals surface area contributed by atoms with Crippen LogP contribution in [0, 0.1) is 5.41 Å². The summed E-state index contributed by atoms with van der Waals surface area (Å²) in [4.78, 5) is 26.3. The molecule has 0 spiro atoms. The molecule has 1 heterocycles. The maximum atomic E-state index is 12.4. The minimum absolute atomic E-state index is 0. The van der Waals surface area contributed by atoms with Crippen molar-refractivity contribution in [3.05, 3.63) is 29.8 Å². The molecule has 25 heavy (non-hydrogen) atoms. The minimum Gasteiger partial charge on any atom is -0.337 e. The Morgan fingerprint density at radius 3 is 2.44 bits per heavy atom. The van der Waals surface area contributed by atoms with Gasteiger partial charge in [-0.2, -0.15) is 0 Å². The van der Waals surface area contributed by atoms with Crippen LogP contribution in [0.25, 0.3) is 0 Å². The normalized spacial score (nSPS) is 17.6. The highest BCUT2D eigenvalue weighted by Gasteiger charge is 2.22. The van der Waals surface area contributed by atoms with Gasteiger partial charge in [-0.15, -0.1) is 12.4 Å². The largest absolute Gasteiger partial charge is 0.337 e. The molecule has 0 saturated carbocycles. The van der Waals surface area contributed by atoms with E-state index in [2.05, 4.69) is 17.6 Å². The highest BCUT2D eigenvalue weighted by molar-refractivity contribution is 5.91. The van der Waals surface area contributed by atoms with Crippen LogP contribution in [0.2, 0.25) is 0 Å². The van der Waals surface area contributed by atoms with Crippen molar-refractivity contribution in [2.45, 2.75) is 46.6 Å². The standard InChI is InChI=1S/C19H29N3O2.ClH/c1-14-13-20-9-10-22(14)18(24)11-15-5-7-16(8-6-15)21-17(23)12-19(2,3)4;/h5-8,14,20H,9-13H2,1-4H3,(H,21,23);1H/t14-;/m0./s1. The third-order valence-electron chi connectivity index (χ3n) is 4.11. The zero-order chi connectivity index (χ0) is 17.7. The second-order valence-electron chi connectivity index (χ2n) is 7.80. The smallest absolute Gasteiger partial charge is 0.227 e. The number of halogens is 1. The van der Waals surface area contributed by atoms with Crippen molar-refractivity contribution in [3.63, 3.8) is 0 Å². The molecule has 0 bridgehead atoms. The van der Waals surface area contributed by atoms with E-state index in [0.29, 0.717) is 12.8 Å². The Morgan fingerprint density at radius 2 is 1.88 bits per heavy atom. The molecular formula is C19H30ClN3O2. The molecule has 2 N–H and O–H groups in total. The summed E-state index contributed by atoms with van der Waals surface area (Å²) in [6.07, 6.45) is 0.884. The fraction of sp³-hybridized carbons (Fsp3) is 0.579. The lowest BCUT2D eigenvalue weighted by atomic mass is 9.92. The lowest BCUT2D eigenvalue weighted by molar-refractivity contribution is -0.133. The van der Waals surface area contributed by atoms with Gasteiger partial charge in [0, 0.05) is 37.8 Å². The van der Waals surface area contributed by atoms with Gasteiger partial charge in [-0.1, -0.05) is 32.9 Å². The van der Waals surface area contributed by atoms with Crippen LogP contribution < -0.4 is 10.6 Å². The fourth-order valence-electron chi connectivity index (χ4n) is 2.88. The van der Waals surface area contributed by atoms with Gasteiger partial charge in [-0.25, -0.2) is 0 Å². The summed E-state index contributed by atoms with van der Waals surface area (Å²) in [6.45, 7) is 10.7. The van der Waals surface area contributed by atoms with Gasteiger partial charge in [-0.05, 0) is 30.0 Å². The number of nitrogens with one attached hydrogen (secondary N) is 2. The summed E-state index contributed by atoms with van der Waals surface area (Å²) >= 11 is 0. The van der Waals surface area contributed by atoms with Crippen LogP contribution in [0.4, 0.5) is 5.69 Å². The molecule has 0 aromatic heterocycles. The van der Waals surface area contributed by atoms with Crippen molar-refractivity contribution in [3.8, 4) is 0 Å². The van der Waals surface area contributed by atoms with E-state index in [9.17, 15) is 9.59 Å². The fourth-order valence-corrected chi connectivity index (χ4v) is 2.88. The predicted octanol–water partition coefficient (Wildman–Crippen LogP) is 2.85. The maximum absolute atomic E-state index is 12.4. The quantitative estimate of drug-likeness (QED) is 0.860. The highest BCUT2D eigenvalue weighted by atomic mass is 35.5. The molecule has 0 aliphatic carbocycles. The number of benzene rings is 1. The van der Waals surface area contributed by atoms with Gasteiger partial charge in [0.05, 0.1) is 6.42 Å². The molecule has 1 fully saturated rings. The van der Waals surface area contributed by atoms with Crippen molar-refractivity contribution in [1.29, 1.82) is 0 Å². The van der Waals surface area contributed by atoms with E-state index < -0.39 is 0 Å². The van der Waals surface area contributed by atoms with Gasteiger partial charge < -0.3 is 15.5 Å². The Balaban J connectivity index is 0.00000312. The number of amides is 2. The third-order valence-corrected chi connectivity index (χ3v) is 4.11. The Kier molecular flexibility index (Phi) is 7.90. The van der Waals surface area contributed by atoms with E-state index in [-0.39, 0.29) is 35.7 Å². The third kappa shape index (κ3) is 7.04. The number of hydrogen-bond donors (Lipinski definition) is 2. The molecule has 1 aliphatic heterocycles. The Bertz CT molecular complexity index is 581. The summed E-state index contributed by atoms with van der Waals surface area (Å²) in [5.74, 6) is 0.175. The first kappa shape index (κ1) is 21.5. The molecule has 1 saturated heterocycles. The molecule has 6 heteroatoms. The van der Waals surface area contributed by atoms with Crippen LogP contribution in [0.5, 0.6) is 0 Å². The lowest BCUT2D eigenvalue weighted by Gasteiger charge is -2.34. The molecule has 1 aromatic carbocycles. The van der Waals surface area contributed by atoms with Crippen LogP contribution in [-0.2, 0) is 16.0 Å². The molecule has 0 radical (unpaired) electrons. The average Bonchev–Trinajstić information content (AvgIpc) is 2.47. The zero-order valence-corrected chi connectivity index (χ0v) is 16.4. The Morgan fingerprint density at radius 1 is 1.24 bits per heavy atom. The minimum atomic E-state index is -0.0313. The van der Waals surface area contributed by atoms with Crippen LogP contribution in [-0.4, -0.2) is 42.4 Å². The van der Waals surface area contributed by atoms with Gasteiger partial charge in [0.25, 0.3) is 0 Å². The SMILES string of the molecule is C[C@H]1CNCCN1C(=O)Cc1ccc(NC(=O)CC(C)(C)C)cc1.Cl. The average molecular weight is 368 g/mol. The van der Waals surface area contributed by atoms with Crippen LogP contribution >= 0.6 is 12.4 Å². The van der Waals surface area contributed by atoms with E-state index in [4.69, 9.17) is 0 Å². The maximum Gasteiger partial charge on any atom is 0.227 e. The second-order valence-corrected chi connectivity index (χ2v) is 7.80. The molecule has 5 nitrogen and oxygen atoms in total. The molecular weight excluding hydrogens is 338 g/mol. The first-order valence-electron chi connectivity index (χ1n) is 8.63. The summed E-state index contributed by atoms with van der Waals surface area (Å²) in [6, 6.07) is 7.80. The van der Waals surface area contributed by atoms with Crippen molar-refractivity contribution in [1.82, 2.24) is 10.2 Å². The topological polar surface area (TPSA) is 61.4 Å². The predicted molar refractivity (Wildman–Crippen MR) is 104 cm³/mol. The van der Waals surface area contributed by atoms with Crippen LogP contribution in [0.15, 0.2) is 24.3 Å². The Hall–Kier alpha value is -1.59. The number of rotatable bonds is 4. The van der Waals surface area contributed by atoms with Gasteiger partial charge in [0.2, 0.25) is 11.8 Å². The van der Waals surface area contributed by atoms with Gasteiger partial charge in [0.1, 0.15) is 0 Å². The van der Waals surface area contributed by atoms with Crippen molar-refractivity contribution in [2.24, 2.45) is 5.41 Å². The van der Waals surface area contributed by atoms with E-state index in [1.165, 1.54) is 0 Å². The van der Waals surface area contributed by atoms with Crippen LogP contribution in [0.3, 0.4) is 0 Å². The molecule has 1 aromatic rings. The molecule has 140 valence electrons. The molecule has 2 amide bonds. The molecule has 0 unspecified atom stereocenters.